The maximum absolute atomic E-state index is 12.3. The van der Waals surface area contributed by atoms with Crippen molar-refractivity contribution in [1.29, 1.82) is 0 Å². The molecule has 1 N–H and O–H groups in total. The molecule has 264 valence electrons. The molecule has 0 aromatic rings. The average molecular weight is 678 g/mol. The molecule has 2 heterocycles. The topological polar surface area (TPSA) is 241 Å². The van der Waals surface area contributed by atoms with Gasteiger partial charge in [0.1, 0.15) is 37.6 Å². The maximum Gasteiger partial charge on any atom is 0.305 e. The van der Waals surface area contributed by atoms with Crippen molar-refractivity contribution in [2.24, 2.45) is 0 Å². The Kier molecular flexibility index (Phi) is 14.5. The van der Waals surface area contributed by atoms with E-state index >= 15 is 0 Å². The lowest BCUT2D eigenvalue weighted by Gasteiger charge is -2.48. The van der Waals surface area contributed by atoms with Gasteiger partial charge in [-0.05, 0) is 0 Å². The van der Waals surface area contributed by atoms with Crippen LogP contribution in [0.25, 0.3) is 0 Å². The second-order valence-electron chi connectivity index (χ2n) is 10.4. The van der Waals surface area contributed by atoms with E-state index in [0.717, 1.165) is 55.4 Å². The lowest BCUT2D eigenvalue weighted by atomic mass is 9.94. The molecule has 2 aliphatic rings. The molecular weight excluding hydrogens is 638 g/mol. The van der Waals surface area contributed by atoms with Gasteiger partial charge in [-0.25, -0.2) is 0 Å². The molecular formula is C28H39NO18. The number of carbonyl (C=O) groups is 8. The zero-order valence-corrected chi connectivity index (χ0v) is 27.0. The minimum atomic E-state index is -1.80. The Morgan fingerprint density at radius 2 is 0.872 bits per heavy atom. The maximum atomic E-state index is 12.3. The smallest absolute Gasteiger partial charge is 0.305 e. The summed E-state index contributed by atoms with van der Waals surface area (Å²) in [5.74, 6) is -6.64. The summed E-state index contributed by atoms with van der Waals surface area (Å²) in [4.78, 5) is 96.5. The summed E-state index contributed by atoms with van der Waals surface area (Å²) in [6, 6.07) is -1.43. The SMILES string of the molecule is CC(=O)N[C@H]1[C@H](OC(C)=O)O[C@H](COC(C)=O)[C@@H](OC2O[C@@H](COC(C)=O)[C@@H](OC(C)=O)[C@H](OC(C)=O)[C@H]2OC(C)=O)[C@@H]1OC(C)=O. The van der Waals surface area contributed by atoms with Crippen LogP contribution in [0.1, 0.15) is 55.4 Å². The van der Waals surface area contributed by atoms with Gasteiger partial charge in [0.05, 0.1) is 0 Å². The largest absolute Gasteiger partial charge is 0.463 e. The van der Waals surface area contributed by atoms with E-state index in [2.05, 4.69) is 5.32 Å². The van der Waals surface area contributed by atoms with Gasteiger partial charge in [-0.15, -0.1) is 0 Å². The number of nitrogens with one attached hydrogen (secondary N) is 1. The molecule has 1 amide bonds. The van der Waals surface area contributed by atoms with Crippen molar-refractivity contribution in [2.45, 2.75) is 117 Å². The van der Waals surface area contributed by atoms with Crippen molar-refractivity contribution >= 4 is 47.7 Å². The molecule has 19 nitrogen and oxygen atoms in total. The second kappa shape index (κ2) is 17.5. The normalized spacial score (nSPS) is 30.0. The predicted octanol–water partition coefficient (Wildman–Crippen LogP) is -1.26. The van der Waals surface area contributed by atoms with Crippen molar-refractivity contribution in [1.82, 2.24) is 5.32 Å². The Morgan fingerprint density at radius 3 is 1.32 bits per heavy atom. The number of hydrogen-bond donors (Lipinski definition) is 1. The van der Waals surface area contributed by atoms with Crippen LogP contribution in [0.5, 0.6) is 0 Å². The number of carbonyl (C=O) groups excluding carboxylic acids is 8. The third-order valence-corrected chi connectivity index (χ3v) is 6.29. The van der Waals surface area contributed by atoms with Crippen molar-refractivity contribution in [3.63, 3.8) is 0 Å². The molecule has 0 aromatic heterocycles. The standard InChI is InChI=1S/C28H39NO18/c1-11(30)29-21-24(41-15(5)34)22(19(9-38-12(2)31)45-27(21)44-18(8)37)47-28-26(43-17(7)36)25(42-16(6)35)23(40-14(4)33)20(46-28)10-39-13(3)32/h19-28H,9-10H2,1-8H3,(H,29,30)/t19-,20+,21-,22-,23-,24-,25+,26-,27-,28?/m1/s1. The van der Waals surface area contributed by atoms with Crippen molar-refractivity contribution in [2.75, 3.05) is 13.2 Å². The summed E-state index contributed by atoms with van der Waals surface area (Å²) in [7, 11) is 0. The highest BCUT2D eigenvalue weighted by Gasteiger charge is 2.57. The third-order valence-electron chi connectivity index (χ3n) is 6.29. The molecule has 1 unspecified atom stereocenters. The summed E-state index contributed by atoms with van der Waals surface area (Å²) in [5, 5.41) is 2.48. The monoisotopic (exact) mass is 677 g/mol. The van der Waals surface area contributed by atoms with E-state index < -0.39 is 122 Å². The van der Waals surface area contributed by atoms with E-state index in [-0.39, 0.29) is 0 Å². The number of amides is 1. The van der Waals surface area contributed by atoms with Gasteiger partial charge in [-0.1, -0.05) is 0 Å². The molecule has 0 saturated carbocycles. The summed E-state index contributed by atoms with van der Waals surface area (Å²) in [6.45, 7) is 7.30. The first-order valence-electron chi connectivity index (χ1n) is 14.3. The number of rotatable bonds is 12. The molecule has 0 bridgehead atoms. The molecule has 0 radical (unpaired) electrons. The van der Waals surface area contributed by atoms with Gasteiger partial charge < -0.3 is 52.7 Å². The van der Waals surface area contributed by atoms with E-state index in [1.54, 1.807) is 0 Å². The Bertz CT molecular complexity index is 1200. The fraction of sp³-hybridized carbons (Fsp3) is 0.714. The molecule has 0 spiro atoms. The number of esters is 7. The quantitative estimate of drug-likeness (QED) is 0.187. The van der Waals surface area contributed by atoms with Crippen LogP contribution in [-0.2, 0) is 85.7 Å². The molecule has 10 atom stereocenters. The van der Waals surface area contributed by atoms with Gasteiger partial charge in [-0.2, -0.15) is 0 Å². The molecule has 2 aliphatic heterocycles. The van der Waals surface area contributed by atoms with E-state index in [0.29, 0.717) is 0 Å². The zero-order chi connectivity index (χ0) is 35.6. The minimum absolute atomic E-state index is 0.577. The summed E-state index contributed by atoms with van der Waals surface area (Å²) in [5.41, 5.74) is 0. The third kappa shape index (κ3) is 12.1. The van der Waals surface area contributed by atoms with Crippen LogP contribution in [0.2, 0.25) is 0 Å². The van der Waals surface area contributed by atoms with Gasteiger partial charge in [-0.3, -0.25) is 38.4 Å². The summed E-state index contributed by atoms with van der Waals surface area (Å²) in [6.07, 6.45) is -14.2. The van der Waals surface area contributed by atoms with Crippen LogP contribution in [0.3, 0.4) is 0 Å². The highest BCUT2D eigenvalue weighted by atomic mass is 16.8. The Balaban J connectivity index is 2.73. The molecule has 2 saturated heterocycles. The predicted molar refractivity (Wildman–Crippen MR) is 147 cm³/mol. The lowest BCUT2D eigenvalue weighted by molar-refractivity contribution is -0.348. The molecule has 0 aromatic carbocycles. The van der Waals surface area contributed by atoms with E-state index in [9.17, 15) is 38.4 Å². The first kappa shape index (κ1) is 38.8. The van der Waals surface area contributed by atoms with Crippen LogP contribution in [-0.4, -0.2) is 122 Å². The van der Waals surface area contributed by atoms with E-state index in [4.69, 9.17) is 47.4 Å². The minimum Gasteiger partial charge on any atom is -0.463 e. The fourth-order valence-electron chi connectivity index (χ4n) is 4.84. The molecule has 19 heteroatoms. The highest BCUT2D eigenvalue weighted by Crippen LogP contribution is 2.34. The highest BCUT2D eigenvalue weighted by molar-refractivity contribution is 5.74. The zero-order valence-electron chi connectivity index (χ0n) is 27.0. The Morgan fingerprint density at radius 1 is 0.468 bits per heavy atom. The van der Waals surface area contributed by atoms with Gasteiger partial charge in [0, 0.05) is 55.4 Å². The number of hydrogen-bond acceptors (Lipinski definition) is 18. The van der Waals surface area contributed by atoms with Gasteiger partial charge in [0.25, 0.3) is 0 Å². The first-order valence-corrected chi connectivity index (χ1v) is 14.3. The van der Waals surface area contributed by atoms with Crippen molar-refractivity contribution in [3.8, 4) is 0 Å². The van der Waals surface area contributed by atoms with Crippen molar-refractivity contribution in [3.05, 3.63) is 0 Å². The van der Waals surface area contributed by atoms with Crippen LogP contribution >= 0.6 is 0 Å². The van der Waals surface area contributed by atoms with Crippen LogP contribution in [0.15, 0.2) is 0 Å². The van der Waals surface area contributed by atoms with Gasteiger partial charge >= 0.3 is 41.8 Å². The average Bonchev–Trinajstić information content (AvgIpc) is 2.91. The van der Waals surface area contributed by atoms with Crippen LogP contribution in [0, 0.1) is 0 Å². The molecule has 0 aliphatic carbocycles. The second-order valence-corrected chi connectivity index (χ2v) is 10.4. The van der Waals surface area contributed by atoms with Gasteiger partial charge in [0.2, 0.25) is 12.2 Å². The Labute approximate surface area is 269 Å². The lowest BCUT2D eigenvalue weighted by Crippen LogP contribution is -2.69. The van der Waals surface area contributed by atoms with Crippen LogP contribution < -0.4 is 5.32 Å². The van der Waals surface area contributed by atoms with E-state index in [1.807, 2.05) is 0 Å². The molecule has 2 rings (SSSR count). The van der Waals surface area contributed by atoms with Gasteiger partial charge in [0.15, 0.2) is 30.7 Å². The van der Waals surface area contributed by atoms with Crippen molar-refractivity contribution < 1.29 is 85.7 Å². The first-order chi connectivity index (χ1) is 21.9. The number of ether oxygens (including phenoxy) is 10. The summed E-state index contributed by atoms with van der Waals surface area (Å²) >= 11 is 0. The summed E-state index contributed by atoms with van der Waals surface area (Å²) < 4.78 is 55.2. The molecule has 2 fully saturated rings. The van der Waals surface area contributed by atoms with Crippen LogP contribution in [0.4, 0.5) is 0 Å². The molecule has 47 heavy (non-hydrogen) atoms. The Hall–Kier alpha value is -4.36. The fourth-order valence-corrected chi connectivity index (χ4v) is 4.84. The van der Waals surface area contributed by atoms with E-state index in [1.165, 1.54) is 0 Å².